The van der Waals surface area contributed by atoms with E-state index in [0.29, 0.717) is 13.2 Å². The van der Waals surface area contributed by atoms with Gasteiger partial charge in [0.2, 0.25) is 0 Å². The van der Waals surface area contributed by atoms with E-state index in [4.69, 9.17) is 9.47 Å². The third-order valence-corrected chi connectivity index (χ3v) is 6.84. The van der Waals surface area contributed by atoms with Gasteiger partial charge in [-0.1, -0.05) is 24.3 Å². The first-order chi connectivity index (χ1) is 14.2. The van der Waals surface area contributed by atoms with Gasteiger partial charge in [0.15, 0.2) is 0 Å². The highest BCUT2D eigenvalue weighted by molar-refractivity contribution is 7.99. The lowest BCUT2D eigenvalue weighted by atomic mass is 10.1. The highest BCUT2D eigenvalue weighted by Crippen LogP contribution is 2.37. The van der Waals surface area contributed by atoms with Crippen LogP contribution in [0.25, 0.3) is 0 Å². The molecule has 0 spiro atoms. The minimum Gasteiger partial charge on any atom is -0.495 e. The maximum Gasteiger partial charge on any atom is 0.142 e. The number of fused-ring (bicyclic) bond motifs is 1. The number of piperazine rings is 1. The lowest BCUT2D eigenvalue weighted by Crippen LogP contribution is -2.49. The fourth-order valence-corrected chi connectivity index (χ4v) is 5.19. The predicted octanol–water partition coefficient (Wildman–Crippen LogP) is 3.30. The summed E-state index contributed by atoms with van der Waals surface area (Å²) < 4.78 is 11.5. The number of ether oxygens (including phenoxy) is 2. The number of aryl methyl sites for hydroxylation is 1. The van der Waals surface area contributed by atoms with Gasteiger partial charge in [0.05, 0.1) is 17.7 Å². The number of hydrogen-bond acceptors (Lipinski definition) is 6. The van der Waals surface area contributed by atoms with Crippen LogP contribution in [0, 0.1) is 0 Å². The average Bonchev–Trinajstić information content (AvgIpc) is 2.78. The standard InChI is InChI=1S/C23H30N2O3S/c1-27-21-9-3-2-8-20(21)25-13-11-24(12-14-25)16-19(26)17-28-22-10-4-6-18-7-5-15-29-23(18)22/h2-4,6,8-10,19,26H,5,7,11-17H2,1H3. The van der Waals surface area contributed by atoms with Gasteiger partial charge >= 0.3 is 0 Å². The normalized spacial score (nSPS) is 18.2. The van der Waals surface area contributed by atoms with Crippen LogP contribution in [0.2, 0.25) is 0 Å². The summed E-state index contributed by atoms with van der Waals surface area (Å²) in [6.45, 7) is 4.68. The number of nitrogens with zero attached hydrogens (tertiary/aromatic N) is 2. The number of thioether (sulfide) groups is 1. The summed E-state index contributed by atoms with van der Waals surface area (Å²) >= 11 is 1.87. The van der Waals surface area contributed by atoms with Crippen molar-refractivity contribution in [1.29, 1.82) is 0 Å². The molecular formula is C23H30N2O3S. The molecule has 1 unspecified atom stereocenters. The summed E-state index contributed by atoms with van der Waals surface area (Å²) in [6.07, 6.45) is 1.86. The Kier molecular flexibility index (Phi) is 6.85. The SMILES string of the molecule is COc1ccccc1N1CCN(CC(O)COc2cccc3c2SCCC3)CC1. The van der Waals surface area contributed by atoms with Crippen LogP contribution in [0.5, 0.6) is 11.5 Å². The summed E-state index contributed by atoms with van der Waals surface area (Å²) in [4.78, 5) is 5.93. The Hall–Kier alpha value is -1.89. The van der Waals surface area contributed by atoms with Gasteiger partial charge in [-0.15, -0.1) is 11.8 Å². The maximum atomic E-state index is 10.5. The Morgan fingerprint density at radius 2 is 1.83 bits per heavy atom. The monoisotopic (exact) mass is 414 g/mol. The van der Waals surface area contributed by atoms with E-state index in [1.807, 2.05) is 36.0 Å². The minimum atomic E-state index is -0.489. The molecule has 2 aliphatic rings. The number of aliphatic hydroxyl groups is 1. The zero-order chi connectivity index (χ0) is 20.1. The number of benzene rings is 2. The maximum absolute atomic E-state index is 10.5. The van der Waals surface area contributed by atoms with Crippen molar-refractivity contribution in [3.05, 3.63) is 48.0 Å². The Labute approximate surface area is 177 Å². The van der Waals surface area contributed by atoms with Crippen molar-refractivity contribution in [1.82, 2.24) is 4.90 Å². The van der Waals surface area contributed by atoms with Crippen molar-refractivity contribution in [3.63, 3.8) is 0 Å². The first-order valence-electron chi connectivity index (χ1n) is 10.4. The molecule has 0 radical (unpaired) electrons. The first-order valence-corrected chi connectivity index (χ1v) is 11.4. The second-order valence-electron chi connectivity index (χ2n) is 7.62. The van der Waals surface area contributed by atoms with Crippen LogP contribution in [0.3, 0.4) is 0 Å². The Balaban J connectivity index is 1.26. The second-order valence-corrected chi connectivity index (χ2v) is 8.73. The van der Waals surface area contributed by atoms with Crippen molar-refractivity contribution < 1.29 is 14.6 Å². The molecule has 29 heavy (non-hydrogen) atoms. The summed E-state index contributed by atoms with van der Waals surface area (Å²) in [7, 11) is 1.72. The van der Waals surface area contributed by atoms with Crippen LogP contribution in [0.4, 0.5) is 5.69 Å². The molecule has 0 amide bonds. The average molecular weight is 415 g/mol. The number of anilines is 1. The summed E-state index contributed by atoms with van der Waals surface area (Å²) in [5.41, 5.74) is 2.52. The van der Waals surface area contributed by atoms with Gasteiger partial charge in [0.1, 0.15) is 24.2 Å². The lowest BCUT2D eigenvalue weighted by molar-refractivity contribution is 0.0652. The zero-order valence-corrected chi connectivity index (χ0v) is 17.9. The van der Waals surface area contributed by atoms with Crippen LogP contribution < -0.4 is 14.4 Å². The molecule has 156 valence electrons. The molecule has 1 atom stereocenters. The van der Waals surface area contributed by atoms with Gasteiger partial charge in [-0.05, 0) is 42.4 Å². The van der Waals surface area contributed by atoms with Gasteiger partial charge in [-0.3, -0.25) is 4.90 Å². The number of β-amino-alcohol motifs (C(OH)–C–C–N with tert-alkyl or cyclic N) is 1. The predicted molar refractivity (Wildman–Crippen MR) is 119 cm³/mol. The molecule has 5 nitrogen and oxygen atoms in total. The van der Waals surface area contributed by atoms with E-state index >= 15 is 0 Å². The van der Waals surface area contributed by atoms with Gasteiger partial charge in [0.25, 0.3) is 0 Å². The van der Waals surface area contributed by atoms with Crippen molar-refractivity contribution >= 4 is 17.4 Å². The molecule has 4 rings (SSSR count). The van der Waals surface area contributed by atoms with Gasteiger partial charge in [-0.25, -0.2) is 0 Å². The van der Waals surface area contributed by atoms with E-state index in [9.17, 15) is 5.11 Å². The number of hydrogen-bond donors (Lipinski definition) is 1. The molecule has 1 N–H and O–H groups in total. The molecule has 0 aromatic heterocycles. The highest BCUT2D eigenvalue weighted by atomic mass is 32.2. The minimum absolute atomic E-state index is 0.337. The molecule has 0 bridgehead atoms. The second kappa shape index (κ2) is 9.74. The molecular weight excluding hydrogens is 384 g/mol. The molecule has 2 aromatic carbocycles. The molecule has 1 fully saturated rings. The van der Waals surface area contributed by atoms with E-state index in [1.165, 1.54) is 16.9 Å². The number of methoxy groups -OCH3 is 1. The smallest absolute Gasteiger partial charge is 0.142 e. The Bertz CT molecular complexity index is 808. The van der Waals surface area contributed by atoms with Crippen LogP contribution in [0.15, 0.2) is 47.4 Å². The van der Waals surface area contributed by atoms with Gasteiger partial charge in [-0.2, -0.15) is 0 Å². The number of para-hydroxylation sites is 2. The summed E-state index contributed by atoms with van der Waals surface area (Å²) in [5, 5.41) is 10.5. The van der Waals surface area contributed by atoms with Crippen molar-refractivity contribution in [2.24, 2.45) is 0 Å². The fraction of sp³-hybridized carbons (Fsp3) is 0.478. The number of rotatable bonds is 7. The summed E-state index contributed by atoms with van der Waals surface area (Å²) in [5.74, 6) is 2.98. The van der Waals surface area contributed by atoms with E-state index in [2.05, 4.69) is 28.0 Å². The topological polar surface area (TPSA) is 45.2 Å². The van der Waals surface area contributed by atoms with Crippen LogP contribution in [0.1, 0.15) is 12.0 Å². The van der Waals surface area contributed by atoms with Crippen molar-refractivity contribution in [3.8, 4) is 11.5 Å². The van der Waals surface area contributed by atoms with E-state index in [0.717, 1.165) is 55.5 Å². The third-order valence-electron chi connectivity index (χ3n) is 5.60. The molecule has 0 saturated carbocycles. The molecule has 6 heteroatoms. The van der Waals surface area contributed by atoms with Gasteiger partial charge < -0.3 is 19.5 Å². The molecule has 2 aromatic rings. The van der Waals surface area contributed by atoms with Crippen LogP contribution in [-0.4, -0.2) is 68.3 Å². The van der Waals surface area contributed by atoms with Gasteiger partial charge in [0, 0.05) is 32.7 Å². The van der Waals surface area contributed by atoms with Crippen molar-refractivity contribution in [2.45, 2.75) is 23.8 Å². The van der Waals surface area contributed by atoms with E-state index in [-0.39, 0.29) is 0 Å². The third kappa shape index (κ3) is 5.00. The molecule has 2 heterocycles. The van der Waals surface area contributed by atoms with Crippen LogP contribution in [-0.2, 0) is 6.42 Å². The summed E-state index contributed by atoms with van der Waals surface area (Å²) in [6, 6.07) is 14.4. The fourth-order valence-electron chi connectivity index (χ4n) is 4.07. The Morgan fingerprint density at radius 1 is 1.03 bits per heavy atom. The van der Waals surface area contributed by atoms with Crippen molar-refractivity contribution in [2.75, 3.05) is 57.1 Å². The molecule has 0 aliphatic carbocycles. The Morgan fingerprint density at radius 3 is 2.66 bits per heavy atom. The first kappa shape index (κ1) is 20.4. The molecule has 1 saturated heterocycles. The lowest BCUT2D eigenvalue weighted by Gasteiger charge is -2.37. The largest absolute Gasteiger partial charge is 0.495 e. The van der Waals surface area contributed by atoms with E-state index < -0.39 is 6.10 Å². The number of aliphatic hydroxyl groups excluding tert-OH is 1. The highest BCUT2D eigenvalue weighted by Gasteiger charge is 2.22. The zero-order valence-electron chi connectivity index (χ0n) is 17.0. The molecule has 2 aliphatic heterocycles. The quantitative estimate of drug-likeness (QED) is 0.750. The van der Waals surface area contributed by atoms with Crippen LogP contribution >= 0.6 is 11.8 Å². The van der Waals surface area contributed by atoms with E-state index in [1.54, 1.807) is 7.11 Å².